The van der Waals surface area contributed by atoms with Crippen LogP contribution in [0.5, 0.6) is 0 Å². The molecule has 1 aromatic rings. The molecule has 1 fully saturated rings. The molecule has 2 amide bonds. The van der Waals surface area contributed by atoms with E-state index in [1.807, 2.05) is 0 Å². The third kappa shape index (κ3) is 2.55. The lowest BCUT2D eigenvalue weighted by Gasteiger charge is -2.18. The lowest BCUT2D eigenvalue weighted by Crippen LogP contribution is -2.43. The molecule has 0 bridgehead atoms. The number of cyclic esters (lactones) is 1. The predicted molar refractivity (Wildman–Crippen MR) is 73.3 cm³/mol. The number of aromatic nitrogens is 2. The Labute approximate surface area is 122 Å². The van der Waals surface area contributed by atoms with E-state index in [0.29, 0.717) is 13.1 Å². The second kappa shape index (κ2) is 4.68. The van der Waals surface area contributed by atoms with E-state index in [0.717, 1.165) is 17.1 Å². The van der Waals surface area contributed by atoms with Gasteiger partial charge in [-0.1, -0.05) is 20.8 Å². The molecule has 2 aliphatic heterocycles. The number of fused-ring (bicyclic) bond motifs is 1. The highest BCUT2D eigenvalue weighted by atomic mass is 16.6. The molecule has 0 aliphatic carbocycles. The molecule has 0 spiro atoms. The van der Waals surface area contributed by atoms with Gasteiger partial charge >= 0.3 is 6.09 Å². The number of rotatable bonds is 1. The van der Waals surface area contributed by atoms with Crippen molar-refractivity contribution in [3.8, 4) is 0 Å². The average molecular weight is 290 g/mol. The number of amides is 2. The van der Waals surface area contributed by atoms with Crippen molar-refractivity contribution in [3.05, 3.63) is 23.3 Å². The summed E-state index contributed by atoms with van der Waals surface area (Å²) in [7, 11) is 0. The Morgan fingerprint density at radius 1 is 1.43 bits per heavy atom. The molecule has 7 nitrogen and oxygen atoms in total. The second-order valence-corrected chi connectivity index (χ2v) is 6.41. The number of nitrogens with zero attached hydrogens (tertiary/aromatic N) is 3. The largest absolute Gasteiger partial charge is 0.447 e. The van der Waals surface area contributed by atoms with E-state index in [2.05, 4.69) is 36.1 Å². The van der Waals surface area contributed by atoms with E-state index >= 15 is 0 Å². The Morgan fingerprint density at radius 3 is 2.81 bits per heavy atom. The van der Waals surface area contributed by atoms with Crippen LogP contribution in [0.25, 0.3) is 0 Å². The Morgan fingerprint density at radius 2 is 2.19 bits per heavy atom. The molecular formula is C14H18N4O3. The van der Waals surface area contributed by atoms with Crippen LogP contribution in [0.4, 0.5) is 4.79 Å². The van der Waals surface area contributed by atoms with Gasteiger partial charge in [-0.05, 0) is 0 Å². The molecule has 1 aromatic heterocycles. The van der Waals surface area contributed by atoms with Crippen LogP contribution in [0.3, 0.4) is 0 Å². The molecule has 7 heteroatoms. The Kier molecular flexibility index (Phi) is 3.07. The van der Waals surface area contributed by atoms with Crippen molar-refractivity contribution in [1.29, 1.82) is 0 Å². The van der Waals surface area contributed by atoms with Crippen molar-refractivity contribution >= 4 is 12.0 Å². The first kappa shape index (κ1) is 13.8. The smallest absolute Gasteiger partial charge is 0.407 e. The molecule has 1 atom stereocenters. The van der Waals surface area contributed by atoms with E-state index in [1.54, 1.807) is 11.1 Å². The van der Waals surface area contributed by atoms with Crippen molar-refractivity contribution in [3.63, 3.8) is 0 Å². The number of hydrogen-bond acceptors (Lipinski definition) is 5. The summed E-state index contributed by atoms with van der Waals surface area (Å²) in [6, 6.07) is -0.596. The fourth-order valence-electron chi connectivity index (χ4n) is 2.41. The maximum Gasteiger partial charge on any atom is 0.407 e. The van der Waals surface area contributed by atoms with Gasteiger partial charge in [-0.25, -0.2) is 14.8 Å². The molecule has 1 N–H and O–H groups in total. The van der Waals surface area contributed by atoms with Crippen LogP contribution in [0.15, 0.2) is 6.20 Å². The molecule has 1 saturated heterocycles. The first-order valence-corrected chi connectivity index (χ1v) is 6.92. The highest BCUT2D eigenvalue weighted by molar-refractivity contribution is 5.88. The summed E-state index contributed by atoms with van der Waals surface area (Å²) in [5, 5.41) is 2.50. The molecule has 0 saturated carbocycles. The van der Waals surface area contributed by atoms with E-state index in [4.69, 9.17) is 4.74 Å². The van der Waals surface area contributed by atoms with Crippen LogP contribution >= 0.6 is 0 Å². The monoisotopic (exact) mass is 290 g/mol. The third-order valence-corrected chi connectivity index (χ3v) is 3.61. The summed E-state index contributed by atoms with van der Waals surface area (Å²) in [6.45, 7) is 7.18. The molecular weight excluding hydrogens is 272 g/mol. The zero-order valence-electron chi connectivity index (χ0n) is 12.3. The van der Waals surface area contributed by atoms with Gasteiger partial charge in [0.25, 0.3) is 0 Å². The van der Waals surface area contributed by atoms with Crippen molar-refractivity contribution < 1.29 is 14.3 Å². The summed E-state index contributed by atoms with van der Waals surface area (Å²) in [5.41, 5.74) is 1.72. The van der Waals surface area contributed by atoms with E-state index < -0.39 is 12.1 Å². The molecule has 0 unspecified atom stereocenters. The Bertz CT molecular complexity index is 609. The molecule has 0 aromatic carbocycles. The van der Waals surface area contributed by atoms with Crippen molar-refractivity contribution in [2.75, 3.05) is 6.61 Å². The number of carbonyl (C=O) groups excluding carboxylic acids is 2. The zero-order valence-corrected chi connectivity index (χ0v) is 12.3. The van der Waals surface area contributed by atoms with Gasteiger partial charge in [0.15, 0.2) is 0 Å². The minimum absolute atomic E-state index is 0.0867. The predicted octanol–water partition coefficient (Wildman–Crippen LogP) is 0.725. The first-order chi connectivity index (χ1) is 9.84. The van der Waals surface area contributed by atoms with Gasteiger partial charge in [0.1, 0.15) is 18.5 Å². The summed E-state index contributed by atoms with van der Waals surface area (Å²) in [5.74, 6) is 0.629. The minimum Gasteiger partial charge on any atom is -0.447 e. The van der Waals surface area contributed by atoms with E-state index in [9.17, 15) is 9.59 Å². The van der Waals surface area contributed by atoms with Gasteiger partial charge in [-0.2, -0.15) is 0 Å². The lowest BCUT2D eigenvalue weighted by molar-refractivity contribution is -0.133. The average Bonchev–Trinajstić information content (AvgIpc) is 3.01. The molecule has 2 aliphatic rings. The van der Waals surface area contributed by atoms with Crippen LogP contribution in [0.2, 0.25) is 0 Å². The van der Waals surface area contributed by atoms with E-state index in [1.165, 1.54) is 0 Å². The van der Waals surface area contributed by atoms with Gasteiger partial charge in [0.2, 0.25) is 5.91 Å². The number of nitrogens with one attached hydrogen (secondary N) is 1. The highest BCUT2D eigenvalue weighted by Crippen LogP contribution is 2.25. The fourth-order valence-corrected chi connectivity index (χ4v) is 2.41. The van der Waals surface area contributed by atoms with Gasteiger partial charge in [0, 0.05) is 23.7 Å². The maximum absolute atomic E-state index is 12.3. The van der Waals surface area contributed by atoms with Crippen LogP contribution < -0.4 is 5.32 Å². The summed E-state index contributed by atoms with van der Waals surface area (Å²) >= 11 is 0. The first-order valence-electron chi connectivity index (χ1n) is 6.92. The molecule has 0 radical (unpaired) electrons. The van der Waals surface area contributed by atoms with Crippen LogP contribution in [0.1, 0.15) is 37.9 Å². The molecule has 3 rings (SSSR count). The van der Waals surface area contributed by atoms with Crippen LogP contribution in [-0.2, 0) is 28.0 Å². The summed E-state index contributed by atoms with van der Waals surface area (Å²) < 4.78 is 4.76. The topological polar surface area (TPSA) is 84.4 Å². The number of ether oxygens (including phenoxy) is 1. The Balaban J connectivity index is 1.75. The maximum atomic E-state index is 12.3. The molecule has 21 heavy (non-hydrogen) atoms. The summed E-state index contributed by atoms with van der Waals surface area (Å²) in [4.78, 5) is 34.0. The fraction of sp³-hybridized carbons (Fsp3) is 0.571. The number of alkyl carbamates (subject to hydrolysis) is 1. The van der Waals surface area contributed by atoms with Gasteiger partial charge in [-0.15, -0.1) is 0 Å². The van der Waals surface area contributed by atoms with Crippen LogP contribution in [0, 0.1) is 0 Å². The standard InChI is InChI=1S/C14H18N4O3/c1-14(2,3)12-15-4-8-5-18(6-9(8)16-12)11(19)10-7-21-13(20)17-10/h4,10H,5-7H2,1-3H3,(H,17,20)/t10-/m1/s1. The molecule has 112 valence electrons. The lowest BCUT2D eigenvalue weighted by atomic mass is 9.95. The third-order valence-electron chi connectivity index (χ3n) is 3.61. The number of hydrogen-bond donors (Lipinski definition) is 1. The highest BCUT2D eigenvalue weighted by Gasteiger charge is 2.35. The SMILES string of the molecule is CC(C)(C)c1ncc2c(n1)CN(C(=O)[C@H]1COC(=O)N1)C2. The van der Waals surface area contributed by atoms with E-state index in [-0.39, 0.29) is 17.9 Å². The summed E-state index contributed by atoms with van der Waals surface area (Å²) in [6.07, 6.45) is 1.25. The minimum atomic E-state index is -0.596. The second-order valence-electron chi connectivity index (χ2n) is 6.41. The van der Waals surface area contributed by atoms with Gasteiger partial charge in [0.05, 0.1) is 12.2 Å². The quantitative estimate of drug-likeness (QED) is 0.824. The number of carbonyl (C=O) groups is 2. The molecule has 3 heterocycles. The van der Waals surface area contributed by atoms with Crippen molar-refractivity contribution in [2.24, 2.45) is 0 Å². The normalized spacial score (nSPS) is 21.0. The van der Waals surface area contributed by atoms with Crippen LogP contribution in [-0.4, -0.2) is 39.5 Å². The van der Waals surface area contributed by atoms with Crippen molar-refractivity contribution in [2.45, 2.75) is 45.3 Å². The van der Waals surface area contributed by atoms with Gasteiger partial charge in [-0.3, -0.25) is 4.79 Å². The van der Waals surface area contributed by atoms with Crippen molar-refractivity contribution in [1.82, 2.24) is 20.2 Å². The zero-order chi connectivity index (χ0) is 15.2. The van der Waals surface area contributed by atoms with Gasteiger partial charge < -0.3 is 15.0 Å². The Hall–Kier alpha value is -2.18.